The molecule has 2 aromatic carbocycles. The van der Waals surface area contributed by atoms with E-state index in [1.54, 1.807) is 0 Å². The highest BCUT2D eigenvalue weighted by Gasteiger charge is 2.09. The third-order valence-corrected chi connectivity index (χ3v) is 3.76. The van der Waals surface area contributed by atoms with Crippen molar-refractivity contribution in [3.8, 4) is 5.75 Å². The van der Waals surface area contributed by atoms with Gasteiger partial charge >= 0.3 is 0 Å². The fourth-order valence-electron chi connectivity index (χ4n) is 2.06. The number of nitrogens with zero attached hydrogens (tertiary/aromatic N) is 2. The van der Waals surface area contributed by atoms with Gasteiger partial charge < -0.3 is 16.2 Å². The van der Waals surface area contributed by atoms with E-state index in [4.69, 9.17) is 16.2 Å². The van der Waals surface area contributed by atoms with Crippen LogP contribution >= 0.6 is 22.6 Å². The number of aromatic nitrogens is 2. The summed E-state index contributed by atoms with van der Waals surface area (Å²) >= 11 is 2.27. The second kappa shape index (κ2) is 5.72. The van der Waals surface area contributed by atoms with Crippen LogP contribution in [0.1, 0.15) is 5.56 Å². The molecule has 1 heterocycles. The van der Waals surface area contributed by atoms with Crippen LogP contribution in [0.15, 0.2) is 42.5 Å². The first-order valence-electron chi connectivity index (χ1n) is 6.32. The first-order chi connectivity index (χ1) is 10.1. The number of fused-ring (bicyclic) bond motifs is 1. The van der Waals surface area contributed by atoms with Crippen LogP contribution in [0.5, 0.6) is 5.75 Å². The zero-order valence-corrected chi connectivity index (χ0v) is 13.2. The molecule has 0 amide bonds. The van der Waals surface area contributed by atoms with Gasteiger partial charge in [-0.15, -0.1) is 0 Å². The van der Waals surface area contributed by atoms with Crippen molar-refractivity contribution >= 4 is 45.3 Å². The zero-order valence-electron chi connectivity index (χ0n) is 11.1. The van der Waals surface area contributed by atoms with Gasteiger partial charge in [-0.25, -0.2) is 4.98 Å². The van der Waals surface area contributed by atoms with Gasteiger partial charge in [-0.2, -0.15) is 4.98 Å². The Labute approximate surface area is 135 Å². The van der Waals surface area contributed by atoms with E-state index in [-0.39, 0.29) is 5.95 Å². The molecule has 106 valence electrons. The quantitative estimate of drug-likeness (QED) is 0.670. The summed E-state index contributed by atoms with van der Waals surface area (Å²) in [6.07, 6.45) is 0. The van der Waals surface area contributed by atoms with Crippen molar-refractivity contribution in [2.24, 2.45) is 0 Å². The van der Waals surface area contributed by atoms with E-state index in [1.165, 1.54) is 3.57 Å². The molecule has 3 aromatic rings. The predicted molar refractivity (Wildman–Crippen MR) is 91.9 cm³/mol. The number of hydrogen-bond donors (Lipinski definition) is 2. The van der Waals surface area contributed by atoms with E-state index < -0.39 is 0 Å². The summed E-state index contributed by atoms with van der Waals surface area (Å²) < 4.78 is 7.05. The molecule has 3 rings (SSSR count). The Morgan fingerprint density at radius 1 is 1.00 bits per heavy atom. The average Bonchev–Trinajstić information content (AvgIpc) is 2.46. The minimum atomic E-state index is 0.162. The van der Waals surface area contributed by atoms with Gasteiger partial charge in [-0.1, -0.05) is 18.2 Å². The lowest BCUT2D eigenvalue weighted by atomic mass is 10.2. The van der Waals surface area contributed by atoms with E-state index in [0.717, 1.165) is 5.56 Å². The van der Waals surface area contributed by atoms with Gasteiger partial charge in [-0.3, -0.25) is 0 Å². The molecule has 21 heavy (non-hydrogen) atoms. The SMILES string of the molecule is Nc1nc(N)c2c(OCc3ccc(I)cc3)cccc2n1. The van der Waals surface area contributed by atoms with Gasteiger partial charge in [0.2, 0.25) is 5.95 Å². The number of anilines is 2. The molecule has 1 aromatic heterocycles. The molecule has 5 nitrogen and oxygen atoms in total. The molecule has 0 aliphatic carbocycles. The summed E-state index contributed by atoms with van der Waals surface area (Å²) in [5.74, 6) is 1.15. The Morgan fingerprint density at radius 2 is 1.76 bits per heavy atom. The van der Waals surface area contributed by atoms with Crippen LogP contribution in [-0.2, 0) is 6.61 Å². The summed E-state index contributed by atoms with van der Waals surface area (Å²) in [7, 11) is 0. The Kier molecular flexibility index (Phi) is 3.78. The van der Waals surface area contributed by atoms with Gasteiger partial charge in [0.05, 0.1) is 10.9 Å². The normalized spacial score (nSPS) is 10.7. The van der Waals surface area contributed by atoms with Crippen LogP contribution in [-0.4, -0.2) is 9.97 Å². The molecular formula is C15H13IN4O. The predicted octanol–water partition coefficient (Wildman–Crippen LogP) is 2.98. The number of hydrogen-bond acceptors (Lipinski definition) is 5. The van der Waals surface area contributed by atoms with Crippen molar-refractivity contribution in [1.29, 1.82) is 0 Å². The first-order valence-corrected chi connectivity index (χ1v) is 7.40. The maximum atomic E-state index is 5.93. The van der Waals surface area contributed by atoms with Crippen LogP contribution in [0.25, 0.3) is 10.9 Å². The van der Waals surface area contributed by atoms with Crippen molar-refractivity contribution in [1.82, 2.24) is 9.97 Å². The van der Waals surface area contributed by atoms with E-state index in [9.17, 15) is 0 Å². The molecule has 0 fully saturated rings. The zero-order chi connectivity index (χ0) is 14.8. The van der Waals surface area contributed by atoms with E-state index in [0.29, 0.717) is 29.1 Å². The number of halogens is 1. The van der Waals surface area contributed by atoms with Crippen LogP contribution in [0.3, 0.4) is 0 Å². The van der Waals surface area contributed by atoms with Crippen molar-refractivity contribution in [3.05, 3.63) is 51.6 Å². The minimum absolute atomic E-state index is 0.162. The smallest absolute Gasteiger partial charge is 0.222 e. The lowest BCUT2D eigenvalue weighted by Crippen LogP contribution is -2.03. The Morgan fingerprint density at radius 3 is 2.52 bits per heavy atom. The minimum Gasteiger partial charge on any atom is -0.488 e. The third kappa shape index (κ3) is 2.99. The maximum absolute atomic E-state index is 5.93. The van der Waals surface area contributed by atoms with E-state index >= 15 is 0 Å². The molecule has 0 aliphatic heterocycles. The van der Waals surface area contributed by atoms with Crippen LogP contribution in [0.4, 0.5) is 11.8 Å². The van der Waals surface area contributed by atoms with Crippen LogP contribution in [0, 0.1) is 3.57 Å². The number of benzene rings is 2. The van der Waals surface area contributed by atoms with Gasteiger partial charge in [0.15, 0.2) is 0 Å². The molecule has 0 unspecified atom stereocenters. The lowest BCUT2D eigenvalue weighted by Gasteiger charge is -2.10. The molecule has 6 heteroatoms. The molecule has 0 bridgehead atoms. The van der Waals surface area contributed by atoms with Gasteiger partial charge in [-0.05, 0) is 52.4 Å². The summed E-state index contributed by atoms with van der Waals surface area (Å²) in [5, 5.41) is 0.692. The van der Waals surface area contributed by atoms with Gasteiger partial charge in [0.25, 0.3) is 0 Å². The van der Waals surface area contributed by atoms with Gasteiger partial charge in [0, 0.05) is 3.57 Å². The number of ether oxygens (including phenoxy) is 1. The second-order valence-electron chi connectivity index (χ2n) is 4.53. The summed E-state index contributed by atoms with van der Waals surface area (Å²) in [4.78, 5) is 8.16. The Bertz CT molecular complexity index is 790. The summed E-state index contributed by atoms with van der Waals surface area (Å²) in [5.41, 5.74) is 13.3. The highest BCUT2D eigenvalue weighted by Crippen LogP contribution is 2.29. The third-order valence-electron chi connectivity index (χ3n) is 3.04. The molecule has 4 N–H and O–H groups in total. The van der Waals surface area contributed by atoms with Gasteiger partial charge in [0.1, 0.15) is 18.2 Å². The monoisotopic (exact) mass is 392 g/mol. The molecule has 0 aliphatic rings. The van der Waals surface area contributed by atoms with Crippen molar-refractivity contribution in [3.63, 3.8) is 0 Å². The largest absolute Gasteiger partial charge is 0.488 e. The topological polar surface area (TPSA) is 87.0 Å². The summed E-state index contributed by atoms with van der Waals surface area (Å²) in [6.45, 7) is 0.458. The lowest BCUT2D eigenvalue weighted by molar-refractivity contribution is 0.310. The molecule has 0 saturated heterocycles. The first kappa shape index (κ1) is 13.9. The molecule has 0 atom stereocenters. The molecule has 0 saturated carbocycles. The Hall–Kier alpha value is -2.09. The van der Waals surface area contributed by atoms with Crippen molar-refractivity contribution < 1.29 is 4.74 Å². The second-order valence-corrected chi connectivity index (χ2v) is 5.78. The summed E-state index contributed by atoms with van der Waals surface area (Å²) in [6, 6.07) is 13.7. The molecule has 0 spiro atoms. The van der Waals surface area contributed by atoms with Crippen LogP contribution < -0.4 is 16.2 Å². The maximum Gasteiger partial charge on any atom is 0.222 e. The fraction of sp³-hybridized carbons (Fsp3) is 0.0667. The van der Waals surface area contributed by atoms with E-state index in [2.05, 4.69) is 32.6 Å². The number of rotatable bonds is 3. The van der Waals surface area contributed by atoms with E-state index in [1.807, 2.05) is 42.5 Å². The van der Waals surface area contributed by atoms with Crippen molar-refractivity contribution in [2.75, 3.05) is 11.5 Å². The Balaban J connectivity index is 1.92. The number of nitrogens with two attached hydrogens (primary N) is 2. The average molecular weight is 392 g/mol. The standard InChI is InChI=1S/C15H13IN4O/c16-10-6-4-9(5-7-10)8-21-12-3-1-2-11-13(12)14(17)20-15(18)19-11/h1-7H,8H2,(H4,17,18,19,20). The van der Waals surface area contributed by atoms with Crippen molar-refractivity contribution in [2.45, 2.75) is 6.61 Å². The molecular weight excluding hydrogens is 379 g/mol. The van der Waals surface area contributed by atoms with Crippen LogP contribution in [0.2, 0.25) is 0 Å². The highest BCUT2D eigenvalue weighted by molar-refractivity contribution is 14.1. The fourth-order valence-corrected chi connectivity index (χ4v) is 2.42. The highest BCUT2D eigenvalue weighted by atomic mass is 127. The molecule has 0 radical (unpaired) electrons. The number of nitrogen functional groups attached to an aromatic ring is 2.